The Morgan fingerprint density at radius 3 is 2.62 bits per heavy atom. The summed E-state index contributed by atoms with van der Waals surface area (Å²) in [6.45, 7) is 10.4. The molecule has 0 spiro atoms. The molecule has 0 aromatic rings. The SMILES string of the molecule is CC(C)C[Si](C)(C)OC[C@@H]1[C@@H](CC(I)[C@H]2CCCC(=O)O2)[C@H](O)C[C@H]1OC1CCCCO1. The van der Waals surface area contributed by atoms with Gasteiger partial charge in [0.25, 0.3) is 0 Å². The lowest BCUT2D eigenvalue weighted by Gasteiger charge is -2.35. The zero-order valence-electron chi connectivity index (χ0n) is 20.3. The van der Waals surface area contributed by atoms with Crippen LogP contribution in [0.4, 0.5) is 0 Å². The average Bonchev–Trinajstić information content (AvgIpc) is 3.00. The van der Waals surface area contributed by atoms with E-state index in [2.05, 4.69) is 49.5 Å². The van der Waals surface area contributed by atoms with Gasteiger partial charge in [0.1, 0.15) is 6.10 Å². The molecule has 0 aromatic heterocycles. The van der Waals surface area contributed by atoms with Crippen LogP contribution in [0.3, 0.4) is 0 Å². The molecule has 2 heterocycles. The summed E-state index contributed by atoms with van der Waals surface area (Å²) in [5.74, 6) is 0.733. The summed E-state index contributed by atoms with van der Waals surface area (Å²) in [5, 5.41) is 11.1. The van der Waals surface area contributed by atoms with Gasteiger partial charge in [-0.25, -0.2) is 0 Å². The Labute approximate surface area is 208 Å². The van der Waals surface area contributed by atoms with Gasteiger partial charge in [0.05, 0.1) is 12.2 Å². The molecular formula is C24H43IO6Si. The van der Waals surface area contributed by atoms with Crippen molar-refractivity contribution in [3.8, 4) is 0 Å². The van der Waals surface area contributed by atoms with Crippen LogP contribution in [0.25, 0.3) is 0 Å². The molecule has 1 N–H and O–H groups in total. The molecule has 0 aromatic carbocycles. The zero-order valence-corrected chi connectivity index (χ0v) is 23.4. The number of aliphatic hydroxyl groups is 1. The maximum absolute atomic E-state index is 11.8. The number of rotatable bonds is 10. The highest BCUT2D eigenvalue weighted by Gasteiger charge is 2.46. The third kappa shape index (κ3) is 7.90. The summed E-state index contributed by atoms with van der Waals surface area (Å²) in [5.41, 5.74) is 0. The van der Waals surface area contributed by atoms with Gasteiger partial charge in [-0.1, -0.05) is 36.4 Å². The Hall–Kier alpha value is 0.257. The van der Waals surface area contributed by atoms with Gasteiger partial charge in [0.2, 0.25) is 0 Å². The van der Waals surface area contributed by atoms with Gasteiger partial charge in [-0.2, -0.15) is 0 Å². The van der Waals surface area contributed by atoms with Crippen molar-refractivity contribution < 1.29 is 28.5 Å². The molecule has 0 radical (unpaired) electrons. The van der Waals surface area contributed by atoms with Crippen LogP contribution in [0.1, 0.15) is 65.2 Å². The quantitative estimate of drug-likeness (QED) is 0.168. The van der Waals surface area contributed by atoms with E-state index in [0.717, 1.165) is 51.2 Å². The van der Waals surface area contributed by atoms with Gasteiger partial charge in [-0.15, -0.1) is 0 Å². The molecule has 186 valence electrons. The standard InChI is InChI=1S/C24H43IO6Si/c1-16(2)15-32(3,4)29-14-18-17(12-19(25)21-8-7-9-23(27)30-21)20(26)13-22(18)31-24-10-5-6-11-28-24/h16-22,24,26H,5-15H2,1-4H3/t17-,18-,19?,20-,21-,22-,24?/m1/s1. The predicted octanol–water partition coefficient (Wildman–Crippen LogP) is 5.06. The number of ether oxygens (including phenoxy) is 3. The molecule has 0 amide bonds. The van der Waals surface area contributed by atoms with Crippen LogP contribution in [-0.2, 0) is 23.4 Å². The summed E-state index contributed by atoms with van der Waals surface area (Å²) in [4.78, 5) is 11.8. The third-order valence-corrected chi connectivity index (χ3v) is 11.1. The molecule has 3 aliphatic rings. The van der Waals surface area contributed by atoms with Crippen molar-refractivity contribution in [3.05, 3.63) is 0 Å². The lowest BCUT2D eigenvalue weighted by molar-refractivity contribution is -0.198. The first-order valence-electron chi connectivity index (χ1n) is 12.6. The minimum atomic E-state index is -1.79. The predicted molar refractivity (Wildman–Crippen MR) is 135 cm³/mol. The van der Waals surface area contributed by atoms with Crippen molar-refractivity contribution >= 4 is 36.9 Å². The minimum absolute atomic E-state index is 0.0561. The van der Waals surface area contributed by atoms with E-state index in [-0.39, 0.29) is 40.2 Å². The molecule has 2 saturated heterocycles. The molecule has 1 saturated carbocycles. The van der Waals surface area contributed by atoms with Crippen molar-refractivity contribution in [3.63, 3.8) is 0 Å². The molecule has 0 bridgehead atoms. The second-order valence-electron chi connectivity index (χ2n) is 10.9. The first-order valence-corrected chi connectivity index (χ1v) is 16.9. The fourth-order valence-corrected chi connectivity index (χ4v) is 9.47. The van der Waals surface area contributed by atoms with Crippen LogP contribution in [0.5, 0.6) is 0 Å². The van der Waals surface area contributed by atoms with E-state index in [1.54, 1.807) is 0 Å². The van der Waals surface area contributed by atoms with E-state index in [4.69, 9.17) is 18.6 Å². The lowest BCUT2D eigenvalue weighted by Crippen LogP contribution is -2.40. The monoisotopic (exact) mass is 582 g/mol. The Kier molecular flexibility index (Phi) is 10.3. The number of halogens is 1. The summed E-state index contributed by atoms with van der Waals surface area (Å²) in [6, 6.07) is 1.12. The number of esters is 1. The van der Waals surface area contributed by atoms with Crippen molar-refractivity contribution in [2.24, 2.45) is 17.8 Å². The third-order valence-electron chi connectivity index (χ3n) is 7.08. The largest absolute Gasteiger partial charge is 0.461 e. The van der Waals surface area contributed by atoms with Crippen LogP contribution in [0.15, 0.2) is 0 Å². The maximum Gasteiger partial charge on any atom is 0.306 e. The van der Waals surface area contributed by atoms with E-state index in [0.29, 0.717) is 25.4 Å². The minimum Gasteiger partial charge on any atom is -0.461 e. The second kappa shape index (κ2) is 12.3. The first kappa shape index (κ1) is 26.9. The fraction of sp³-hybridized carbons (Fsp3) is 0.958. The summed E-state index contributed by atoms with van der Waals surface area (Å²) < 4.78 is 24.7. The molecule has 6 nitrogen and oxygen atoms in total. The zero-order chi connectivity index (χ0) is 23.3. The lowest BCUT2D eigenvalue weighted by atomic mass is 9.88. The van der Waals surface area contributed by atoms with Crippen LogP contribution in [0.2, 0.25) is 19.1 Å². The number of hydrogen-bond acceptors (Lipinski definition) is 6. The summed E-state index contributed by atoms with van der Waals surface area (Å²) in [6.07, 6.45) is 6.19. The van der Waals surface area contributed by atoms with Gasteiger partial charge in [-0.3, -0.25) is 4.79 Å². The number of cyclic esters (lactones) is 1. The first-order chi connectivity index (χ1) is 15.1. The number of aliphatic hydroxyl groups excluding tert-OH is 1. The average molecular weight is 583 g/mol. The molecule has 3 fully saturated rings. The van der Waals surface area contributed by atoms with Crippen LogP contribution in [-0.4, -0.2) is 61.1 Å². The molecule has 3 rings (SSSR count). The van der Waals surface area contributed by atoms with Crippen molar-refractivity contribution in [2.75, 3.05) is 13.2 Å². The maximum atomic E-state index is 11.8. The van der Waals surface area contributed by atoms with Gasteiger partial charge in [0.15, 0.2) is 14.6 Å². The molecule has 8 heteroatoms. The molecule has 2 unspecified atom stereocenters. The van der Waals surface area contributed by atoms with Crippen LogP contribution >= 0.6 is 22.6 Å². The van der Waals surface area contributed by atoms with Crippen LogP contribution < -0.4 is 0 Å². The number of carbonyl (C=O) groups is 1. The van der Waals surface area contributed by atoms with E-state index in [9.17, 15) is 9.90 Å². The molecule has 32 heavy (non-hydrogen) atoms. The van der Waals surface area contributed by atoms with Gasteiger partial charge >= 0.3 is 5.97 Å². The smallest absolute Gasteiger partial charge is 0.306 e. The highest BCUT2D eigenvalue weighted by Crippen LogP contribution is 2.42. The molecule has 7 atom stereocenters. The summed E-state index contributed by atoms with van der Waals surface area (Å²) >= 11 is 2.42. The Balaban J connectivity index is 1.67. The number of hydrogen-bond donors (Lipinski definition) is 1. The number of carbonyl (C=O) groups excluding carboxylic acids is 1. The van der Waals surface area contributed by atoms with Gasteiger partial charge < -0.3 is 23.7 Å². The summed E-state index contributed by atoms with van der Waals surface area (Å²) in [7, 11) is -1.79. The van der Waals surface area contributed by atoms with E-state index < -0.39 is 14.4 Å². The molecule has 2 aliphatic heterocycles. The highest BCUT2D eigenvalue weighted by atomic mass is 127. The normalized spacial score (nSPS) is 35.2. The fourth-order valence-electron chi connectivity index (χ4n) is 5.65. The van der Waals surface area contributed by atoms with Gasteiger partial charge in [0, 0.05) is 35.9 Å². The molecular weight excluding hydrogens is 539 g/mol. The van der Waals surface area contributed by atoms with Crippen molar-refractivity contribution in [1.29, 1.82) is 0 Å². The number of alkyl halides is 1. The Morgan fingerprint density at radius 2 is 1.97 bits per heavy atom. The Morgan fingerprint density at radius 1 is 1.19 bits per heavy atom. The topological polar surface area (TPSA) is 74.2 Å². The highest BCUT2D eigenvalue weighted by molar-refractivity contribution is 14.1. The van der Waals surface area contributed by atoms with Crippen LogP contribution in [0, 0.1) is 17.8 Å². The van der Waals surface area contributed by atoms with E-state index in [1.807, 2.05) is 0 Å². The van der Waals surface area contributed by atoms with E-state index >= 15 is 0 Å². The molecule has 1 aliphatic carbocycles. The van der Waals surface area contributed by atoms with Crippen molar-refractivity contribution in [2.45, 2.75) is 113 Å². The Bertz CT molecular complexity index is 597. The van der Waals surface area contributed by atoms with Crippen molar-refractivity contribution in [1.82, 2.24) is 0 Å². The van der Waals surface area contributed by atoms with E-state index in [1.165, 1.54) is 0 Å². The second-order valence-corrected chi connectivity index (χ2v) is 16.8. The van der Waals surface area contributed by atoms with Gasteiger partial charge in [-0.05, 0) is 69.5 Å².